The average molecular weight is 353 g/mol. The number of esters is 1. The van der Waals surface area contributed by atoms with Gasteiger partial charge in [-0.25, -0.2) is 9.59 Å². The van der Waals surface area contributed by atoms with Gasteiger partial charge >= 0.3 is 12.1 Å². The summed E-state index contributed by atoms with van der Waals surface area (Å²) in [5.74, 6) is -1.29. The highest BCUT2D eigenvalue weighted by Crippen LogP contribution is 2.28. The van der Waals surface area contributed by atoms with E-state index in [4.69, 9.17) is 14.2 Å². The van der Waals surface area contributed by atoms with Gasteiger partial charge in [0.15, 0.2) is 30.0 Å². The first kappa shape index (κ1) is 19.9. The molecule has 9 heteroatoms. The third-order valence-electron chi connectivity index (χ3n) is 3.00. The zero-order valence-electron chi connectivity index (χ0n) is 14.3. The monoisotopic (exact) mass is 353 g/mol. The van der Waals surface area contributed by atoms with Crippen LogP contribution in [-0.2, 0) is 19.1 Å². The number of amides is 2. The normalized spacial score (nSPS) is 11.0. The molecule has 1 aromatic rings. The van der Waals surface area contributed by atoms with Crippen LogP contribution < -0.4 is 14.8 Å². The molecule has 0 aromatic heterocycles. The number of imide groups is 1. The number of ether oxygens (including phenoxy) is 4. The Kier molecular flexibility index (Phi) is 7.39. The van der Waals surface area contributed by atoms with Crippen molar-refractivity contribution in [3.8, 4) is 11.5 Å². The Morgan fingerprint density at radius 1 is 1.12 bits per heavy atom. The molecular formula is C16H19NO8. The maximum atomic E-state index is 11.7. The highest BCUT2D eigenvalue weighted by Gasteiger charge is 2.20. The van der Waals surface area contributed by atoms with Crippen LogP contribution in [0.1, 0.15) is 24.2 Å². The van der Waals surface area contributed by atoms with Crippen molar-refractivity contribution in [3.63, 3.8) is 0 Å². The number of benzene rings is 1. The standard InChI is InChI=1S/C16H19NO8/c1-9(18)11-5-6-12(13(7-11)22-3)24-8-14(19)25-10(2)15(20)17-16(21)23-4/h5-7,10H,8H2,1-4H3,(H,17,20,21)/t10-/m0/s1. The third kappa shape index (κ3) is 6.13. The van der Waals surface area contributed by atoms with Crippen LogP contribution in [0.25, 0.3) is 0 Å². The first-order valence-corrected chi connectivity index (χ1v) is 7.18. The first-order valence-electron chi connectivity index (χ1n) is 7.18. The van der Waals surface area contributed by atoms with Crippen LogP contribution in [0.15, 0.2) is 18.2 Å². The second kappa shape index (κ2) is 9.26. The summed E-state index contributed by atoms with van der Waals surface area (Å²) >= 11 is 0. The van der Waals surface area contributed by atoms with Crippen LogP contribution >= 0.6 is 0 Å². The molecule has 1 rings (SSSR count). The van der Waals surface area contributed by atoms with Gasteiger partial charge in [0, 0.05) is 5.56 Å². The summed E-state index contributed by atoms with van der Waals surface area (Å²) in [7, 11) is 2.49. The fourth-order valence-corrected chi connectivity index (χ4v) is 1.68. The Labute approximate surface area is 144 Å². The summed E-state index contributed by atoms with van der Waals surface area (Å²) < 4.78 is 19.5. The topological polar surface area (TPSA) is 117 Å². The molecule has 0 spiro atoms. The minimum atomic E-state index is -1.21. The van der Waals surface area contributed by atoms with Crippen molar-refractivity contribution in [1.82, 2.24) is 5.32 Å². The lowest BCUT2D eigenvalue weighted by Gasteiger charge is -2.14. The van der Waals surface area contributed by atoms with Crippen LogP contribution in [-0.4, -0.2) is 50.7 Å². The molecule has 0 fully saturated rings. The smallest absolute Gasteiger partial charge is 0.413 e. The summed E-state index contributed by atoms with van der Waals surface area (Å²) in [5.41, 5.74) is 0.430. The number of methoxy groups -OCH3 is 2. The Morgan fingerprint density at radius 3 is 2.36 bits per heavy atom. The lowest BCUT2D eigenvalue weighted by Crippen LogP contribution is -2.40. The van der Waals surface area contributed by atoms with Crippen molar-refractivity contribution in [3.05, 3.63) is 23.8 Å². The van der Waals surface area contributed by atoms with E-state index < -0.39 is 30.7 Å². The minimum absolute atomic E-state index is 0.144. The Bertz CT molecular complexity index is 670. The summed E-state index contributed by atoms with van der Waals surface area (Å²) in [5, 5.41) is 1.87. The van der Waals surface area contributed by atoms with Gasteiger partial charge in [0.25, 0.3) is 5.91 Å². The maximum absolute atomic E-state index is 11.7. The predicted octanol–water partition coefficient (Wildman–Crippen LogP) is 1.09. The van der Waals surface area contributed by atoms with Gasteiger partial charge in [-0.15, -0.1) is 0 Å². The number of carbonyl (C=O) groups excluding carboxylic acids is 4. The molecule has 9 nitrogen and oxygen atoms in total. The van der Waals surface area contributed by atoms with Gasteiger partial charge in [-0.05, 0) is 32.0 Å². The molecule has 0 heterocycles. The number of Topliss-reactive ketones (excluding diaryl/α,β-unsaturated/α-hetero) is 1. The number of hydrogen-bond acceptors (Lipinski definition) is 8. The highest BCUT2D eigenvalue weighted by molar-refractivity contribution is 5.95. The molecule has 0 saturated heterocycles. The van der Waals surface area contributed by atoms with Crippen molar-refractivity contribution in [2.75, 3.05) is 20.8 Å². The molecule has 1 aromatic carbocycles. The van der Waals surface area contributed by atoms with E-state index in [9.17, 15) is 19.2 Å². The molecule has 1 N–H and O–H groups in total. The van der Waals surface area contributed by atoms with E-state index in [-0.39, 0.29) is 17.3 Å². The van der Waals surface area contributed by atoms with E-state index in [1.54, 1.807) is 0 Å². The lowest BCUT2D eigenvalue weighted by molar-refractivity contribution is -0.156. The lowest BCUT2D eigenvalue weighted by atomic mass is 10.1. The molecule has 136 valence electrons. The largest absolute Gasteiger partial charge is 0.493 e. The zero-order valence-corrected chi connectivity index (χ0v) is 14.3. The molecule has 0 bridgehead atoms. The van der Waals surface area contributed by atoms with Crippen molar-refractivity contribution in [1.29, 1.82) is 0 Å². The molecular weight excluding hydrogens is 334 g/mol. The number of ketones is 1. The van der Waals surface area contributed by atoms with E-state index in [1.807, 2.05) is 5.32 Å². The van der Waals surface area contributed by atoms with Crippen molar-refractivity contribution in [2.24, 2.45) is 0 Å². The Balaban J connectivity index is 2.60. The average Bonchev–Trinajstić information content (AvgIpc) is 2.59. The number of rotatable bonds is 7. The number of alkyl carbamates (subject to hydrolysis) is 1. The van der Waals surface area contributed by atoms with E-state index in [0.29, 0.717) is 5.56 Å². The first-order chi connectivity index (χ1) is 11.8. The van der Waals surface area contributed by atoms with E-state index >= 15 is 0 Å². The second-order valence-corrected chi connectivity index (χ2v) is 4.82. The molecule has 25 heavy (non-hydrogen) atoms. The van der Waals surface area contributed by atoms with E-state index in [0.717, 1.165) is 7.11 Å². The van der Waals surface area contributed by atoms with Crippen LogP contribution in [0.5, 0.6) is 11.5 Å². The molecule has 0 aliphatic heterocycles. The highest BCUT2D eigenvalue weighted by atomic mass is 16.6. The van der Waals surface area contributed by atoms with Gasteiger partial charge in [0.2, 0.25) is 0 Å². The predicted molar refractivity (Wildman–Crippen MR) is 84.6 cm³/mol. The summed E-state index contributed by atoms with van der Waals surface area (Å²) in [6, 6.07) is 4.49. The Morgan fingerprint density at radius 2 is 1.80 bits per heavy atom. The summed E-state index contributed by atoms with van der Waals surface area (Å²) in [6.07, 6.45) is -2.17. The molecule has 0 aliphatic carbocycles. The fraction of sp³-hybridized carbons (Fsp3) is 0.375. The van der Waals surface area contributed by atoms with Crippen LogP contribution in [0.2, 0.25) is 0 Å². The van der Waals surface area contributed by atoms with Crippen molar-refractivity contribution < 1.29 is 38.1 Å². The van der Waals surface area contributed by atoms with Gasteiger partial charge < -0.3 is 18.9 Å². The Hall–Kier alpha value is -3.10. The molecule has 1 atom stereocenters. The van der Waals surface area contributed by atoms with E-state index in [1.165, 1.54) is 39.2 Å². The molecule has 0 aliphatic rings. The van der Waals surface area contributed by atoms with E-state index in [2.05, 4.69) is 4.74 Å². The quantitative estimate of drug-likeness (QED) is 0.572. The second-order valence-electron chi connectivity index (χ2n) is 4.82. The molecule has 0 saturated carbocycles. The minimum Gasteiger partial charge on any atom is -0.493 e. The van der Waals surface area contributed by atoms with Crippen LogP contribution in [0.4, 0.5) is 4.79 Å². The summed E-state index contributed by atoms with van der Waals surface area (Å²) in [4.78, 5) is 45.5. The maximum Gasteiger partial charge on any atom is 0.413 e. The molecule has 2 amide bonds. The van der Waals surface area contributed by atoms with Gasteiger partial charge in [-0.2, -0.15) is 0 Å². The SMILES string of the molecule is COC(=O)NC(=O)[C@H](C)OC(=O)COc1ccc(C(C)=O)cc1OC. The van der Waals surface area contributed by atoms with Gasteiger partial charge in [-0.3, -0.25) is 14.9 Å². The van der Waals surface area contributed by atoms with Crippen LogP contribution in [0.3, 0.4) is 0 Å². The number of carbonyl (C=O) groups is 4. The number of nitrogens with one attached hydrogen (secondary N) is 1. The fourth-order valence-electron chi connectivity index (χ4n) is 1.68. The molecule has 0 unspecified atom stereocenters. The van der Waals surface area contributed by atoms with Gasteiger partial charge in [0.1, 0.15) is 0 Å². The van der Waals surface area contributed by atoms with Gasteiger partial charge in [-0.1, -0.05) is 0 Å². The zero-order chi connectivity index (χ0) is 19.0. The van der Waals surface area contributed by atoms with Crippen LogP contribution in [0, 0.1) is 0 Å². The van der Waals surface area contributed by atoms with Crippen molar-refractivity contribution >= 4 is 23.8 Å². The third-order valence-corrected chi connectivity index (χ3v) is 3.00. The van der Waals surface area contributed by atoms with Gasteiger partial charge in [0.05, 0.1) is 14.2 Å². The number of hydrogen-bond donors (Lipinski definition) is 1. The molecule has 0 radical (unpaired) electrons. The van der Waals surface area contributed by atoms with Crippen molar-refractivity contribution in [2.45, 2.75) is 20.0 Å². The summed E-state index contributed by atoms with van der Waals surface area (Å²) in [6.45, 7) is 2.21.